The van der Waals surface area contributed by atoms with Gasteiger partial charge in [-0.2, -0.15) is 0 Å². The third-order valence-electron chi connectivity index (χ3n) is 3.46. The van der Waals surface area contributed by atoms with Crippen LogP contribution in [0.3, 0.4) is 0 Å². The van der Waals surface area contributed by atoms with Crippen molar-refractivity contribution in [1.29, 1.82) is 0 Å². The average molecular weight is 431 g/mol. The lowest BCUT2D eigenvalue weighted by Crippen LogP contribution is -2.46. The van der Waals surface area contributed by atoms with Crippen LogP contribution in [0.1, 0.15) is 20.3 Å². The smallest absolute Gasteiger partial charge is 0.414 e. The zero-order chi connectivity index (χ0) is 19.7. The van der Waals surface area contributed by atoms with Crippen LogP contribution in [0.2, 0.25) is 0 Å². The second-order valence-electron chi connectivity index (χ2n) is 5.93. The molecular formula is C17H23BrN2O6. The summed E-state index contributed by atoms with van der Waals surface area (Å²) in [6.45, 7) is 6.72. The van der Waals surface area contributed by atoms with Gasteiger partial charge in [-0.05, 0) is 38.1 Å². The van der Waals surface area contributed by atoms with Crippen LogP contribution in [-0.2, 0) is 19.1 Å². The maximum atomic E-state index is 11.9. The summed E-state index contributed by atoms with van der Waals surface area (Å²) in [5.41, 5.74) is 0.835. The molecule has 0 aromatic heterocycles. The van der Waals surface area contributed by atoms with Crippen LogP contribution in [0.15, 0.2) is 28.7 Å². The van der Waals surface area contributed by atoms with E-state index >= 15 is 0 Å². The number of aliphatic carboxylic acids is 2. The van der Waals surface area contributed by atoms with Crippen molar-refractivity contribution in [2.45, 2.75) is 32.5 Å². The number of carbonyl (C=O) groups is 3. The number of morpholine rings is 1. The Morgan fingerprint density at radius 1 is 1.12 bits per heavy atom. The summed E-state index contributed by atoms with van der Waals surface area (Å²) in [6, 6.07) is 7.61. The zero-order valence-corrected chi connectivity index (χ0v) is 16.2. The molecule has 0 bridgehead atoms. The Morgan fingerprint density at radius 3 is 2.08 bits per heavy atom. The predicted octanol–water partition coefficient (Wildman–Crippen LogP) is 2.04. The van der Waals surface area contributed by atoms with E-state index in [0.29, 0.717) is 6.42 Å². The molecule has 1 aliphatic rings. The number of carboxylic acid groups (broad SMARTS) is 2. The Bertz CT molecular complexity index is 600. The van der Waals surface area contributed by atoms with Gasteiger partial charge < -0.3 is 20.3 Å². The second-order valence-corrected chi connectivity index (χ2v) is 6.85. The Kier molecular flexibility index (Phi) is 9.25. The average Bonchev–Trinajstić information content (AvgIpc) is 2.55. The number of rotatable bonds is 4. The van der Waals surface area contributed by atoms with Crippen LogP contribution in [0.4, 0.5) is 5.69 Å². The Morgan fingerprint density at radius 2 is 1.62 bits per heavy atom. The Labute approximate surface area is 160 Å². The SMILES string of the molecule is CC1CN(CCC(=O)Nc2ccc(Br)cc2)CC(C)O1.O=C(O)C(=O)O. The third-order valence-corrected chi connectivity index (χ3v) is 3.99. The van der Waals surface area contributed by atoms with Gasteiger partial charge in [0.05, 0.1) is 12.2 Å². The van der Waals surface area contributed by atoms with Crippen LogP contribution in [0.25, 0.3) is 0 Å². The van der Waals surface area contributed by atoms with E-state index in [-0.39, 0.29) is 18.1 Å². The molecule has 0 aliphatic carbocycles. The van der Waals surface area contributed by atoms with E-state index in [0.717, 1.165) is 29.8 Å². The molecule has 3 N–H and O–H groups in total. The van der Waals surface area contributed by atoms with Crippen molar-refractivity contribution in [3.63, 3.8) is 0 Å². The molecule has 144 valence electrons. The normalized spacial score (nSPS) is 19.8. The van der Waals surface area contributed by atoms with E-state index in [1.807, 2.05) is 24.3 Å². The van der Waals surface area contributed by atoms with E-state index < -0.39 is 11.9 Å². The molecule has 2 unspecified atom stereocenters. The van der Waals surface area contributed by atoms with E-state index in [4.69, 9.17) is 24.5 Å². The summed E-state index contributed by atoms with van der Waals surface area (Å²) in [5.74, 6) is -3.59. The van der Waals surface area contributed by atoms with Crippen LogP contribution in [0, 0.1) is 0 Å². The molecule has 1 aromatic rings. The van der Waals surface area contributed by atoms with Crippen LogP contribution in [0.5, 0.6) is 0 Å². The largest absolute Gasteiger partial charge is 0.473 e. The molecule has 2 rings (SSSR count). The van der Waals surface area contributed by atoms with Gasteiger partial charge in [-0.3, -0.25) is 9.69 Å². The number of anilines is 1. The topological polar surface area (TPSA) is 116 Å². The fraction of sp³-hybridized carbons (Fsp3) is 0.471. The minimum atomic E-state index is -1.82. The van der Waals surface area contributed by atoms with E-state index in [1.165, 1.54) is 0 Å². The first-order valence-corrected chi connectivity index (χ1v) is 8.86. The molecule has 1 aliphatic heterocycles. The molecule has 1 fully saturated rings. The number of carbonyl (C=O) groups excluding carboxylic acids is 1. The van der Waals surface area contributed by atoms with Crippen molar-refractivity contribution in [2.75, 3.05) is 25.0 Å². The molecule has 8 nitrogen and oxygen atoms in total. The molecule has 0 radical (unpaired) electrons. The molecule has 2 atom stereocenters. The minimum absolute atomic E-state index is 0.0547. The first-order valence-electron chi connectivity index (χ1n) is 8.06. The second kappa shape index (κ2) is 10.9. The summed E-state index contributed by atoms with van der Waals surface area (Å²) in [5, 5.41) is 17.7. The van der Waals surface area contributed by atoms with Crippen molar-refractivity contribution in [1.82, 2.24) is 4.90 Å². The fourth-order valence-electron chi connectivity index (χ4n) is 2.48. The van der Waals surface area contributed by atoms with Gasteiger partial charge in [0.2, 0.25) is 5.91 Å². The maximum Gasteiger partial charge on any atom is 0.414 e. The van der Waals surface area contributed by atoms with Crippen molar-refractivity contribution in [3.8, 4) is 0 Å². The van der Waals surface area contributed by atoms with Crippen molar-refractivity contribution >= 4 is 39.5 Å². The Balaban J connectivity index is 0.000000487. The van der Waals surface area contributed by atoms with Crippen molar-refractivity contribution in [2.24, 2.45) is 0 Å². The van der Waals surface area contributed by atoms with E-state index in [9.17, 15) is 4.79 Å². The van der Waals surface area contributed by atoms with Crippen LogP contribution < -0.4 is 5.32 Å². The van der Waals surface area contributed by atoms with Crippen molar-refractivity contribution < 1.29 is 29.3 Å². The standard InChI is InChI=1S/C15H21BrN2O2.C2H2O4/c1-11-9-18(10-12(2)20-11)8-7-15(19)17-14-5-3-13(16)4-6-14;3-1(4)2(5)6/h3-6,11-12H,7-10H2,1-2H3,(H,17,19);(H,3,4)(H,5,6). The lowest BCUT2D eigenvalue weighted by molar-refractivity contribution is -0.159. The molecule has 9 heteroatoms. The highest BCUT2D eigenvalue weighted by molar-refractivity contribution is 9.10. The lowest BCUT2D eigenvalue weighted by Gasteiger charge is -2.35. The highest BCUT2D eigenvalue weighted by Crippen LogP contribution is 2.15. The fourth-order valence-corrected chi connectivity index (χ4v) is 2.75. The van der Waals surface area contributed by atoms with Crippen LogP contribution >= 0.6 is 15.9 Å². The van der Waals surface area contributed by atoms with Gasteiger partial charge in [0.1, 0.15) is 0 Å². The number of nitrogens with one attached hydrogen (secondary N) is 1. The molecule has 1 aromatic carbocycles. The number of nitrogens with zero attached hydrogens (tertiary/aromatic N) is 1. The molecule has 0 spiro atoms. The van der Waals surface area contributed by atoms with Gasteiger partial charge in [-0.1, -0.05) is 15.9 Å². The summed E-state index contributed by atoms with van der Waals surface area (Å²) in [4.78, 5) is 32.4. The monoisotopic (exact) mass is 430 g/mol. The quantitative estimate of drug-likeness (QED) is 0.625. The number of carboxylic acids is 2. The zero-order valence-electron chi connectivity index (χ0n) is 14.6. The molecule has 26 heavy (non-hydrogen) atoms. The highest BCUT2D eigenvalue weighted by Gasteiger charge is 2.22. The van der Waals surface area contributed by atoms with Gasteiger partial charge in [-0.25, -0.2) is 9.59 Å². The van der Waals surface area contributed by atoms with Gasteiger partial charge in [0.15, 0.2) is 0 Å². The summed E-state index contributed by atoms with van der Waals surface area (Å²) in [6.07, 6.45) is 0.997. The molecule has 1 heterocycles. The van der Waals surface area contributed by atoms with Gasteiger partial charge in [0, 0.05) is 36.2 Å². The first kappa shape index (κ1) is 22.1. The first-order chi connectivity index (χ1) is 12.2. The van der Waals surface area contributed by atoms with Gasteiger partial charge >= 0.3 is 11.9 Å². The highest BCUT2D eigenvalue weighted by atomic mass is 79.9. The molecule has 1 amide bonds. The number of halogens is 1. The maximum absolute atomic E-state index is 11.9. The van der Waals surface area contributed by atoms with Crippen molar-refractivity contribution in [3.05, 3.63) is 28.7 Å². The van der Waals surface area contributed by atoms with Gasteiger partial charge in [-0.15, -0.1) is 0 Å². The number of hydrogen-bond acceptors (Lipinski definition) is 5. The third kappa shape index (κ3) is 8.93. The minimum Gasteiger partial charge on any atom is -0.473 e. The van der Waals surface area contributed by atoms with Gasteiger partial charge in [0.25, 0.3) is 0 Å². The predicted molar refractivity (Wildman–Crippen MR) is 99.1 cm³/mol. The summed E-state index contributed by atoms with van der Waals surface area (Å²) >= 11 is 3.37. The summed E-state index contributed by atoms with van der Waals surface area (Å²) < 4.78 is 6.69. The lowest BCUT2D eigenvalue weighted by atomic mass is 10.2. The number of ether oxygens (including phenoxy) is 1. The number of benzene rings is 1. The molecule has 1 saturated heterocycles. The van der Waals surface area contributed by atoms with E-state index in [1.54, 1.807) is 0 Å². The molecule has 0 saturated carbocycles. The number of amides is 1. The summed E-state index contributed by atoms with van der Waals surface area (Å²) in [7, 11) is 0. The Hall–Kier alpha value is -1.97. The van der Waals surface area contributed by atoms with E-state index in [2.05, 4.69) is 40.0 Å². The number of hydrogen-bond donors (Lipinski definition) is 3. The molecular weight excluding hydrogens is 408 g/mol. The van der Waals surface area contributed by atoms with Crippen LogP contribution in [-0.4, -0.2) is 64.8 Å².